The summed E-state index contributed by atoms with van der Waals surface area (Å²) >= 11 is 0. The Hall–Kier alpha value is -3.11. The minimum absolute atomic E-state index is 0.0822. The zero-order valence-corrected chi connectivity index (χ0v) is 18.7. The number of hydrogen-bond acceptors (Lipinski definition) is 6. The SMILES string of the molecule is CCOc1ccc(NC(=O)CNC(=O)c2ccc(OC)c(S(=O)(=O)NC(C)C)c2)cc1. The molecule has 0 aliphatic carbocycles. The molecule has 0 heterocycles. The predicted octanol–water partition coefficient (Wildman–Crippen LogP) is 2.15. The number of carbonyl (C=O) groups excluding carboxylic acids is 2. The summed E-state index contributed by atoms with van der Waals surface area (Å²) < 4.78 is 38.0. The summed E-state index contributed by atoms with van der Waals surface area (Å²) in [7, 11) is -2.54. The van der Waals surface area contributed by atoms with Gasteiger partial charge in [-0.25, -0.2) is 13.1 Å². The number of carbonyl (C=O) groups is 2. The second kappa shape index (κ2) is 10.8. The first-order valence-electron chi connectivity index (χ1n) is 9.67. The number of methoxy groups -OCH3 is 1. The van der Waals surface area contributed by atoms with Gasteiger partial charge in [-0.3, -0.25) is 9.59 Å². The zero-order chi connectivity index (χ0) is 23.0. The van der Waals surface area contributed by atoms with Crippen LogP contribution in [0.15, 0.2) is 47.4 Å². The maximum absolute atomic E-state index is 12.5. The molecule has 2 aromatic rings. The lowest BCUT2D eigenvalue weighted by molar-refractivity contribution is -0.115. The highest BCUT2D eigenvalue weighted by atomic mass is 32.2. The van der Waals surface area contributed by atoms with E-state index in [-0.39, 0.29) is 28.8 Å². The topological polar surface area (TPSA) is 123 Å². The number of anilines is 1. The first-order chi connectivity index (χ1) is 14.7. The molecule has 0 fully saturated rings. The first kappa shape index (κ1) is 24.2. The molecule has 10 heteroatoms. The number of sulfonamides is 1. The van der Waals surface area contributed by atoms with Crippen LogP contribution >= 0.6 is 0 Å². The van der Waals surface area contributed by atoms with Crippen LogP contribution in [0.4, 0.5) is 5.69 Å². The van der Waals surface area contributed by atoms with Crippen LogP contribution in [-0.4, -0.2) is 46.5 Å². The summed E-state index contributed by atoms with van der Waals surface area (Å²) in [4.78, 5) is 24.4. The van der Waals surface area contributed by atoms with E-state index in [1.54, 1.807) is 38.1 Å². The molecule has 2 aromatic carbocycles. The van der Waals surface area contributed by atoms with E-state index in [1.807, 2.05) is 6.92 Å². The second-order valence-electron chi connectivity index (χ2n) is 6.83. The molecule has 3 N–H and O–H groups in total. The Morgan fingerprint density at radius 3 is 2.32 bits per heavy atom. The summed E-state index contributed by atoms with van der Waals surface area (Å²) in [6.45, 7) is 5.50. The Morgan fingerprint density at radius 1 is 1.06 bits per heavy atom. The van der Waals surface area contributed by atoms with Crippen LogP contribution in [0.3, 0.4) is 0 Å². The molecule has 0 saturated heterocycles. The van der Waals surface area contributed by atoms with Gasteiger partial charge in [-0.2, -0.15) is 0 Å². The molecule has 0 saturated carbocycles. The molecular weight excluding hydrogens is 422 g/mol. The number of ether oxygens (including phenoxy) is 2. The molecule has 0 aliphatic rings. The lowest BCUT2D eigenvalue weighted by atomic mass is 10.2. The molecule has 0 spiro atoms. The van der Waals surface area contributed by atoms with Crippen LogP contribution in [0.1, 0.15) is 31.1 Å². The highest BCUT2D eigenvalue weighted by Crippen LogP contribution is 2.25. The summed E-state index contributed by atoms with van der Waals surface area (Å²) in [5.41, 5.74) is 0.638. The Bertz CT molecular complexity index is 1020. The third-order valence-electron chi connectivity index (χ3n) is 3.96. The van der Waals surface area contributed by atoms with E-state index in [0.717, 1.165) is 0 Å². The van der Waals surface area contributed by atoms with Crippen molar-refractivity contribution >= 4 is 27.5 Å². The molecule has 0 unspecified atom stereocenters. The Morgan fingerprint density at radius 2 is 1.74 bits per heavy atom. The second-order valence-corrected chi connectivity index (χ2v) is 8.51. The average Bonchev–Trinajstić information content (AvgIpc) is 2.72. The van der Waals surface area contributed by atoms with E-state index < -0.39 is 21.8 Å². The Kier molecular flexibility index (Phi) is 8.40. The molecule has 0 aliphatic heterocycles. The van der Waals surface area contributed by atoms with Crippen molar-refractivity contribution in [2.45, 2.75) is 31.7 Å². The van der Waals surface area contributed by atoms with E-state index in [2.05, 4.69) is 15.4 Å². The van der Waals surface area contributed by atoms with Gasteiger partial charge in [0.2, 0.25) is 15.9 Å². The van der Waals surface area contributed by atoms with Gasteiger partial charge in [-0.05, 0) is 63.2 Å². The zero-order valence-electron chi connectivity index (χ0n) is 17.9. The molecule has 0 atom stereocenters. The van der Waals surface area contributed by atoms with E-state index in [4.69, 9.17) is 9.47 Å². The molecule has 31 heavy (non-hydrogen) atoms. The maximum atomic E-state index is 12.5. The highest BCUT2D eigenvalue weighted by Gasteiger charge is 2.22. The third kappa shape index (κ3) is 6.97. The summed E-state index contributed by atoms with van der Waals surface area (Å²) in [6.07, 6.45) is 0. The molecule has 2 amide bonds. The molecule has 0 radical (unpaired) electrons. The summed E-state index contributed by atoms with van der Waals surface area (Å²) in [5.74, 6) is -0.227. The largest absolute Gasteiger partial charge is 0.495 e. The van der Waals surface area contributed by atoms with Gasteiger partial charge in [0.1, 0.15) is 16.4 Å². The van der Waals surface area contributed by atoms with Crippen LogP contribution in [0.2, 0.25) is 0 Å². The fourth-order valence-electron chi connectivity index (χ4n) is 2.67. The quantitative estimate of drug-likeness (QED) is 0.511. The molecule has 168 valence electrons. The van der Waals surface area contributed by atoms with E-state index in [1.165, 1.54) is 25.3 Å². The predicted molar refractivity (Wildman–Crippen MR) is 117 cm³/mol. The van der Waals surface area contributed by atoms with E-state index in [9.17, 15) is 18.0 Å². The first-order valence-corrected chi connectivity index (χ1v) is 11.2. The van der Waals surface area contributed by atoms with Crippen molar-refractivity contribution in [1.82, 2.24) is 10.0 Å². The highest BCUT2D eigenvalue weighted by molar-refractivity contribution is 7.89. The fourth-order valence-corrected chi connectivity index (χ4v) is 4.12. The van der Waals surface area contributed by atoms with Gasteiger partial charge in [0.15, 0.2) is 0 Å². The van der Waals surface area contributed by atoms with Gasteiger partial charge < -0.3 is 20.1 Å². The molecule has 9 nitrogen and oxygen atoms in total. The summed E-state index contributed by atoms with van der Waals surface area (Å²) in [6, 6.07) is 10.5. The lowest BCUT2D eigenvalue weighted by Crippen LogP contribution is -2.33. The third-order valence-corrected chi connectivity index (χ3v) is 5.64. The smallest absolute Gasteiger partial charge is 0.251 e. The van der Waals surface area contributed by atoms with Crippen molar-refractivity contribution in [3.05, 3.63) is 48.0 Å². The standard InChI is InChI=1S/C21H27N3O6S/c1-5-30-17-9-7-16(8-10-17)23-20(25)13-22-21(26)15-6-11-18(29-4)19(12-15)31(27,28)24-14(2)3/h6-12,14,24H,5,13H2,1-4H3,(H,22,26)(H,23,25). The van der Waals surface area contributed by atoms with Crippen molar-refractivity contribution < 1.29 is 27.5 Å². The number of benzene rings is 2. The average molecular weight is 450 g/mol. The normalized spacial score (nSPS) is 11.1. The van der Waals surface area contributed by atoms with Crippen LogP contribution < -0.4 is 24.8 Å². The van der Waals surface area contributed by atoms with E-state index >= 15 is 0 Å². The van der Waals surface area contributed by atoms with Gasteiger partial charge in [-0.1, -0.05) is 0 Å². The van der Waals surface area contributed by atoms with Crippen molar-refractivity contribution in [3.8, 4) is 11.5 Å². The van der Waals surface area contributed by atoms with Gasteiger partial charge in [0.25, 0.3) is 5.91 Å². The fraction of sp³-hybridized carbons (Fsp3) is 0.333. The number of amides is 2. The Labute approximate surface area is 182 Å². The minimum Gasteiger partial charge on any atom is -0.495 e. The monoisotopic (exact) mass is 449 g/mol. The number of nitrogens with one attached hydrogen (secondary N) is 3. The molecule has 0 aromatic heterocycles. The van der Waals surface area contributed by atoms with Crippen molar-refractivity contribution in [1.29, 1.82) is 0 Å². The van der Waals surface area contributed by atoms with E-state index in [0.29, 0.717) is 18.0 Å². The lowest BCUT2D eigenvalue weighted by Gasteiger charge is -2.14. The van der Waals surface area contributed by atoms with Crippen molar-refractivity contribution in [2.24, 2.45) is 0 Å². The number of rotatable bonds is 10. The summed E-state index contributed by atoms with van der Waals surface area (Å²) in [5, 5.41) is 5.13. The van der Waals surface area contributed by atoms with Gasteiger partial charge in [-0.15, -0.1) is 0 Å². The van der Waals surface area contributed by atoms with Gasteiger partial charge >= 0.3 is 0 Å². The van der Waals surface area contributed by atoms with Crippen LogP contribution in [0.5, 0.6) is 11.5 Å². The van der Waals surface area contributed by atoms with Crippen molar-refractivity contribution in [3.63, 3.8) is 0 Å². The molecule has 0 bridgehead atoms. The maximum Gasteiger partial charge on any atom is 0.251 e. The Balaban J connectivity index is 2.04. The molecule has 2 rings (SSSR count). The minimum atomic E-state index is -3.88. The van der Waals surface area contributed by atoms with Crippen LogP contribution in [0, 0.1) is 0 Å². The van der Waals surface area contributed by atoms with Crippen LogP contribution in [-0.2, 0) is 14.8 Å². The molecular formula is C21H27N3O6S. The van der Waals surface area contributed by atoms with Gasteiger partial charge in [0, 0.05) is 17.3 Å². The number of hydrogen-bond donors (Lipinski definition) is 3. The van der Waals surface area contributed by atoms with Crippen molar-refractivity contribution in [2.75, 3.05) is 25.6 Å². The van der Waals surface area contributed by atoms with Gasteiger partial charge in [0.05, 0.1) is 20.3 Å². The van der Waals surface area contributed by atoms with Crippen LogP contribution in [0.25, 0.3) is 0 Å².